The maximum absolute atomic E-state index is 12.4. The first kappa shape index (κ1) is 108. The summed E-state index contributed by atoms with van der Waals surface area (Å²) in [5, 5.41) is 28.5. The number of rotatable bonds is 29. The Morgan fingerprint density at radius 3 is 0.936 bits per heavy atom. The van der Waals surface area contributed by atoms with Crippen molar-refractivity contribution >= 4 is 47.7 Å². The van der Waals surface area contributed by atoms with Crippen LogP contribution in [0, 0.1) is 58.3 Å². The number of oxazole rings is 3. The Bertz CT molecular complexity index is 5930. The van der Waals surface area contributed by atoms with Crippen LogP contribution >= 0.6 is 0 Å². The third kappa shape index (κ3) is 29.0. The van der Waals surface area contributed by atoms with E-state index in [0.29, 0.717) is 113 Å². The normalized spacial score (nSPS) is 15.6. The second-order valence-corrected chi connectivity index (χ2v) is 35.1. The minimum Gasteiger partial charge on any atom is -0.508 e. The highest BCUT2D eigenvalue weighted by Gasteiger charge is 2.38. The van der Waals surface area contributed by atoms with Crippen molar-refractivity contribution in [2.45, 2.75) is 236 Å². The first-order valence-corrected chi connectivity index (χ1v) is 48.9. The third-order valence-corrected chi connectivity index (χ3v) is 26.4. The van der Waals surface area contributed by atoms with Gasteiger partial charge in [0.05, 0.1) is 73.8 Å². The number of benzene rings is 9. The zero-order chi connectivity index (χ0) is 101. The molecule has 736 valence electrons. The number of phenolic OH excluding ortho intramolecular Hbond substituents is 1. The Balaban J connectivity index is 0.000000176. The largest absolute Gasteiger partial charge is 0.508 e. The van der Waals surface area contributed by atoms with Crippen molar-refractivity contribution in [2.75, 3.05) is 33.0 Å². The summed E-state index contributed by atoms with van der Waals surface area (Å²) in [4.78, 5) is 116. The molecule has 6 aliphatic carbocycles. The molecule has 0 aliphatic heterocycles. The van der Waals surface area contributed by atoms with Crippen molar-refractivity contribution < 1.29 is 100 Å². The Hall–Kier alpha value is -14.2. The summed E-state index contributed by atoms with van der Waals surface area (Å²) in [7, 11) is 0. The molecule has 9 aromatic carbocycles. The highest BCUT2D eigenvalue weighted by molar-refractivity contribution is 6.01. The van der Waals surface area contributed by atoms with Gasteiger partial charge in [-0.15, -0.1) is 0 Å². The molecule has 12 aromatic rings. The second-order valence-electron chi connectivity index (χ2n) is 35.1. The van der Waals surface area contributed by atoms with Crippen LogP contribution in [-0.4, -0.2) is 111 Å². The molecule has 0 radical (unpaired) electrons. The van der Waals surface area contributed by atoms with Gasteiger partial charge in [-0.05, 0) is 303 Å². The predicted octanol–water partition coefficient (Wildman–Crippen LogP) is 23.8. The number of carboxylic acid groups (broad SMARTS) is 2. The lowest BCUT2D eigenvalue weighted by Gasteiger charge is -2.21. The lowest BCUT2D eigenvalue weighted by atomic mass is 9.85. The van der Waals surface area contributed by atoms with Crippen LogP contribution in [-0.2, 0) is 106 Å². The van der Waals surface area contributed by atoms with Crippen molar-refractivity contribution in [3.63, 3.8) is 0 Å². The van der Waals surface area contributed by atoms with Crippen LogP contribution in [0.3, 0.4) is 0 Å². The van der Waals surface area contributed by atoms with Gasteiger partial charge in [-0.3, -0.25) is 28.8 Å². The van der Waals surface area contributed by atoms with Crippen LogP contribution in [0.4, 0.5) is 0 Å². The van der Waals surface area contributed by atoms with Gasteiger partial charge >= 0.3 is 36.2 Å². The van der Waals surface area contributed by atoms with Gasteiger partial charge in [0.2, 0.25) is 17.7 Å². The molecule has 140 heavy (non-hydrogen) atoms. The van der Waals surface area contributed by atoms with Gasteiger partial charge in [-0.2, -0.15) is 19.2 Å². The van der Waals surface area contributed by atoms with Crippen LogP contribution < -0.4 is 14.2 Å². The van der Waals surface area contributed by atoms with Crippen molar-refractivity contribution in [2.24, 2.45) is 23.7 Å². The smallest absolute Gasteiger partial charge is 0.373 e. The number of esters is 2. The van der Waals surface area contributed by atoms with Crippen LogP contribution in [0.25, 0.3) is 34.4 Å². The number of aliphatic carboxylic acids is 2. The molecular weight excluding hydrogens is 1770 g/mol. The molecule has 0 spiro atoms. The number of carboxylic acids is 2. The highest BCUT2D eigenvalue weighted by Crippen LogP contribution is 2.46. The van der Waals surface area contributed by atoms with E-state index in [-0.39, 0.29) is 71.6 Å². The molecule has 3 aromatic heterocycles. The van der Waals surface area contributed by atoms with Crippen LogP contribution in [0.15, 0.2) is 213 Å². The molecule has 6 aliphatic rings. The van der Waals surface area contributed by atoms with Crippen LogP contribution in [0.1, 0.15) is 265 Å². The summed E-state index contributed by atoms with van der Waals surface area (Å²) in [6, 6.07) is 65.6. The Labute approximate surface area is 820 Å². The van der Waals surface area contributed by atoms with Crippen molar-refractivity contribution in [1.82, 2.24) is 15.0 Å². The predicted molar refractivity (Wildman–Crippen MR) is 532 cm³/mol. The molecule has 8 atom stereocenters. The number of aromatic hydroxyl groups is 1. The lowest BCUT2D eigenvalue weighted by molar-refractivity contribution is -0.193. The molecule has 24 heteroatoms. The van der Waals surface area contributed by atoms with Crippen LogP contribution in [0.2, 0.25) is 0 Å². The minimum absolute atomic E-state index is 0.0595. The average Bonchev–Trinajstić information content (AvgIpc) is 1.67. The van der Waals surface area contributed by atoms with E-state index in [4.69, 9.17) is 56.1 Å². The number of carbonyl (C=O) groups is 6. The molecule has 0 bridgehead atoms. The van der Waals surface area contributed by atoms with Gasteiger partial charge in [0.25, 0.3) is 0 Å². The number of ketones is 2. The van der Waals surface area contributed by atoms with Gasteiger partial charge in [0, 0.05) is 59.9 Å². The van der Waals surface area contributed by atoms with Gasteiger partial charge in [-0.25, -0.2) is 15.0 Å². The Kier molecular flexibility index (Phi) is 41.8. The molecule has 18 rings (SSSR count). The van der Waals surface area contributed by atoms with E-state index in [0.717, 1.165) is 168 Å². The Morgan fingerprint density at radius 1 is 0.364 bits per heavy atom. The molecule has 3 N–H and O–H groups in total. The van der Waals surface area contributed by atoms with Crippen molar-refractivity contribution in [1.29, 1.82) is 0 Å². The lowest BCUT2D eigenvalue weighted by Crippen LogP contribution is -2.23. The number of Topliss-reactive ketones (excluding diaryl/α,β-unsaturated/α-hetero) is 2. The molecular formula is C116H131N3O21. The molecule has 3 heterocycles. The van der Waals surface area contributed by atoms with E-state index in [1.54, 1.807) is 6.07 Å². The number of phenols is 1. The maximum Gasteiger partial charge on any atom is 0.373 e. The zero-order valence-electron chi connectivity index (χ0n) is 82.7. The number of fused-ring (bicyclic) bond motifs is 6. The maximum atomic E-state index is 12.4. The number of nitrogens with zero attached hydrogens (tertiary/aromatic N) is 3. The van der Waals surface area contributed by atoms with Crippen LogP contribution in [0.5, 0.6) is 23.0 Å². The van der Waals surface area contributed by atoms with Gasteiger partial charge in [0.15, 0.2) is 11.6 Å². The van der Waals surface area contributed by atoms with E-state index in [1.807, 2.05) is 227 Å². The number of hydrogen-bond donors (Lipinski definition) is 3. The molecule has 0 amide bonds. The topological polar surface area (TPSA) is 356 Å². The summed E-state index contributed by atoms with van der Waals surface area (Å²) in [6.45, 7) is 28.0. The number of carbonyl (C=O) groups excluding carboxylic acids is 8. The fourth-order valence-electron chi connectivity index (χ4n) is 19.5. The zero-order valence-corrected chi connectivity index (χ0v) is 82.7. The van der Waals surface area contributed by atoms with E-state index >= 15 is 0 Å². The summed E-state index contributed by atoms with van der Waals surface area (Å²) in [5.41, 5.74) is 22.1. The second kappa shape index (κ2) is 54.2. The number of aromatic nitrogens is 3. The van der Waals surface area contributed by atoms with E-state index < -0.39 is 11.9 Å². The molecule has 8 unspecified atom stereocenters. The minimum atomic E-state index is -0.700. The number of hydrogen-bond acceptors (Lipinski definition) is 22. The SMILES string of the molecule is CC.CCC(C(=O)O)C1CCc2cc(OCCc3nc(-c4ccccc4)oc3C)ccc21.CCC(C(=O)O)C1CCc2cc(OCCc3nc(-c4ccccc4)oc3C)ccc21.CCOC(=O)C(CC)C1CCc2cc(O)ccc21.CCOC(=O)C(CC)C1CCc2cc(OCCc3nc(-c4ccccc4)oc3C)ccc21.Cc1ccc2c(c1)CCC2=O.Cc1ccc2c(c1)CCC2=O.O=C=O.O=C=O. The van der Waals surface area contributed by atoms with E-state index in [2.05, 4.69) is 72.1 Å². The molecule has 0 saturated carbocycles. The van der Waals surface area contributed by atoms with Crippen molar-refractivity contribution in [3.05, 3.63) is 312 Å². The first-order chi connectivity index (χ1) is 67.8. The van der Waals surface area contributed by atoms with Gasteiger partial charge in [0.1, 0.15) is 40.3 Å². The first-order valence-electron chi connectivity index (χ1n) is 48.9. The molecule has 24 nitrogen and oxygen atoms in total. The average molecular weight is 1900 g/mol. The summed E-state index contributed by atoms with van der Waals surface area (Å²) in [5.74, 6) is 6.14. The summed E-state index contributed by atoms with van der Waals surface area (Å²) < 4.78 is 45.9. The number of ether oxygens (including phenoxy) is 5. The fraction of sp³-hybridized carbons (Fsp3) is 0.388. The third-order valence-electron chi connectivity index (χ3n) is 26.4. The fourth-order valence-corrected chi connectivity index (χ4v) is 19.5. The van der Waals surface area contributed by atoms with E-state index in [1.165, 1.54) is 55.6 Å². The number of aryl methyl sites for hydroxylation is 11. The van der Waals surface area contributed by atoms with Crippen molar-refractivity contribution in [3.8, 4) is 57.4 Å². The summed E-state index contributed by atoms with van der Waals surface area (Å²) >= 11 is 0. The molecule has 0 fully saturated rings. The van der Waals surface area contributed by atoms with Gasteiger partial charge < -0.3 is 52.3 Å². The highest BCUT2D eigenvalue weighted by atomic mass is 16.5. The quantitative estimate of drug-likeness (QED) is 0.0367. The Morgan fingerprint density at radius 2 is 0.650 bits per heavy atom. The standard InChI is InChI=1S/C27H31NO4.2C25H27NO4.C15H20O3.2C10H10O.C2H6.2CO2/c1-4-22(27(29)30-5-2)24-13-11-20-17-21(12-14-23(20)24)31-16-15-25-18(3)32-26(28-25)19-9-7-6-8-10-19;2*1-3-20(25(27)28)22-11-9-18-15-19(10-12-21(18)22)29-14-13-23-16(2)30-24(26-23)17-7-5-4-6-8-17;1-3-12(15(17)18-4-2)14-7-5-10-9-11(16)6-8-13(10)14;2*1-7-2-4-9-8(6-7)3-5-10(9)11;1-2;2*2-1-3/h6-10,12,14,17,22,24H,4-5,11,13,15-16H2,1-3H3;2*4-8,10,12,15,20,22H,3,9,11,13-14H2,1-2H3,(H,27,28);6,8-9,12,14,16H,3-5,7H2,1-2H3;2*2,4,6H,3,5H2,1H3;1-2H3;;. The summed E-state index contributed by atoms with van der Waals surface area (Å²) in [6.07, 6.45) is 16.2. The van der Waals surface area contributed by atoms with Gasteiger partial charge in [-0.1, -0.05) is 168 Å². The van der Waals surface area contributed by atoms with E-state index in [9.17, 15) is 44.1 Å². The molecule has 0 saturated heterocycles. The monoisotopic (exact) mass is 1900 g/mol.